The molecule has 1 N–H and O–H groups in total. The summed E-state index contributed by atoms with van der Waals surface area (Å²) in [6.45, 7) is 4.88. The fraction of sp³-hybridized carbons (Fsp3) is 0.273. The SMILES string of the molecule is CCCc1nc(-c2cc3ccc(C)cc3nc2NCCc2ccccn2)no1. The van der Waals surface area contributed by atoms with Gasteiger partial charge in [-0.1, -0.05) is 30.3 Å². The molecular weight excluding hydrogens is 350 g/mol. The van der Waals surface area contributed by atoms with Crippen LogP contribution in [0, 0.1) is 6.92 Å². The number of anilines is 1. The van der Waals surface area contributed by atoms with Crippen LogP contribution in [0.3, 0.4) is 0 Å². The lowest BCUT2D eigenvalue weighted by Gasteiger charge is -2.11. The molecule has 1 aromatic carbocycles. The van der Waals surface area contributed by atoms with E-state index in [2.05, 4.69) is 58.6 Å². The Morgan fingerprint density at radius 3 is 2.79 bits per heavy atom. The van der Waals surface area contributed by atoms with Crippen molar-refractivity contribution in [3.63, 3.8) is 0 Å². The van der Waals surface area contributed by atoms with Gasteiger partial charge < -0.3 is 9.84 Å². The van der Waals surface area contributed by atoms with Crippen LogP contribution >= 0.6 is 0 Å². The molecule has 0 aliphatic carbocycles. The first-order valence-corrected chi connectivity index (χ1v) is 9.61. The molecular formula is C22H23N5O. The molecule has 28 heavy (non-hydrogen) atoms. The van der Waals surface area contributed by atoms with Crippen LogP contribution < -0.4 is 5.32 Å². The summed E-state index contributed by atoms with van der Waals surface area (Å²) in [5.41, 5.74) is 4.01. The number of fused-ring (bicyclic) bond motifs is 1. The Morgan fingerprint density at radius 2 is 1.96 bits per heavy atom. The van der Waals surface area contributed by atoms with Gasteiger partial charge >= 0.3 is 0 Å². The highest BCUT2D eigenvalue weighted by Crippen LogP contribution is 2.29. The maximum Gasteiger partial charge on any atom is 0.226 e. The smallest absolute Gasteiger partial charge is 0.226 e. The fourth-order valence-corrected chi connectivity index (χ4v) is 3.12. The maximum absolute atomic E-state index is 5.39. The maximum atomic E-state index is 5.39. The summed E-state index contributed by atoms with van der Waals surface area (Å²) in [5, 5.41) is 8.67. The topological polar surface area (TPSA) is 76.7 Å². The van der Waals surface area contributed by atoms with Gasteiger partial charge in [-0.15, -0.1) is 0 Å². The summed E-state index contributed by atoms with van der Waals surface area (Å²) >= 11 is 0. The number of aromatic nitrogens is 4. The van der Waals surface area contributed by atoms with Gasteiger partial charge in [0.25, 0.3) is 0 Å². The van der Waals surface area contributed by atoms with E-state index in [0.29, 0.717) is 18.3 Å². The number of hydrogen-bond acceptors (Lipinski definition) is 6. The molecule has 0 unspecified atom stereocenters. The van der Waals surface area contributed by atoms with Crippen LogP contribution in [0.15, 0.2) is 53.2 Å². The third-order valence-electron chi connectivity index (χ3n) is 4.55. The van der Waals surface area contributed by atoms with Crippen LogP contribution in [0.2, 0.25) is 0 Å². The normalized spacial score (nSPS) is 11.1. The van der Waals surface area contributed by atoms with Gasteiger partial charge in [-0.05, 0) is 43.2 Å². The van der Waals surface area contributed by atoms with Crippen LogP contribution in [-0.2, 0) is 12.8 Å². The Hall–Kier alpha value is -3.28. The van der Waals surface area contributed by atoms with E-state index in [1.165, 1.54) is 5.56 Å². The molecule has 0 spiro atoms. The van der Waals surface area contributed by atoms with Gasteiger partial charge in [0.05, 0.1) is 11.1 Å². The van der Waals surface area contributed by atoms with Gasteiger partial charge in [0.2, 0.25) is 11.7 Å². The Balaban J connectivity index is 1.66. The van der Waals surface area contributed by atoms with E-state index in [0.717, 1.165) is 47.2 Å². The van der Waals surface area contributed by atoms with Crippen molar-refractivity contribution in [1.82, 2.24) is 20.1 Å². The molecule has 6 heteroatoms. The van der Waals surface area contributed by atoms with E-state index in [4.69, 9.17) is 9.51 Å². The molecule has 4 rings (SSSR count). The molecule has 142 valence electrons. The van der Waals surface area contributed by atoms with E-state index in [-0.39, 0.29) is 0 Å². The first-order valence-electron chi connectivity index (χ1n) is 9.61. The highest BCUT2D eigenvalue weighted by Gasteiger charge is 2.15. The van der Waals surface area contributed by atoms with Crippen LogP contribution in [0.4, 0.5) is 5.82 Å². The zero-order valence-corrected chi connectivity index (χ0v) is 16.1. The van der Waals surface area contributed by atoms with Crippen LogP contribution in [0.5, 0.6) is 0 Å². The number of pyridine rings is 2. The average molecular weight is 373 g/mol. The number of rotatable bonds is 7. The van der Waals surface area contributed by atoms with E-state index in [1.54, 1.807) is 0 Å². The zero-order chi connectivity index (χ0) is 19.3. The number of nitrogens with one attached hydrogen (secondary N) is 1. The summed E-state index contributed by atoms with van der Waals surface area (Å²) in [7, 11) is 0. The second-order valence-electron chi connectivity index (χ2n) is 6.84. The molecule has 0 saturated carbocycles. The largest absolute Gasteiger partial charge is 0.369 e. The van der Waals surface area contributed by atoms with Crippen LogP contribution in [-0.4, -0.2) is 26.7 Å². The second kappa shape index (κ2) is 8.17. The van der Waals surface area contributed by atoms with Gasteiger partial charge in [-0.25, -0.2) is 4.98 Å². The third kappa shape index (κ3) is 4.01. The Morgan fingerprint density at radius 1 is 1.04 bits per heavy atom. The molecule has 3 heterocycles. The van der Waals surface area contributed by atoms with E-state index >= 15 is 0 Å². The predicted octanol–water partition coefficient (Wildman–Crippen LogP) is 4.60. The number of nitrogens with zero attached hydrogens (tertiary/aromatic N) is 4. The van der Waals surface area contributed by atoms with Crippen molar-refractivity contribution in [2.75, 3.05) is 11.9 Å². The monoisotopic (exact) mass is 373 g/mol. The van der Waals surface area contributed by atoms with Crippen molar-refractivity contribution >= 4 is 16.7 Å². The Bertz CT molecular complexity index is 1070. The number of benzene rings is 1. The van der Waals surface area contributed by atoms with Gasteiger partial charge in [0.15, 0.2) is 0 Å². The van der Waals surface area contributed by atoms with E-state index < -0.39 is 0 Å². The summed E-state index contributed by atoms with van der Waals surface area (Å²) < 4.78 is 5.39. The van der Waals surface area contributed by atoms with Gasteiger partial charge in [0.1, 0.15) is 5.82 Å². The fourth-order valence-electron chi connectivity index (χ4n) is 3.12. The van der Waals surface area contributed by atoms with Crippen molar-refractivity contribution < 1.29 is 4.52 Å². The molecule has 3 aromatic heterocycles. The predicted molar refractivity (Wildman–Crippen MR) is 110 cm³/mol. The van der Waals surface area contributed by atoms with Gasteiger partial charge in [-0.3, -0.25) is 4.98 Å². The van der Waals surface area contributed by atoms with Crippen molar-refractivity contribution in [2.24, 2.45) is 0 Å². The zero-order valence-electron chi connectivity index (χ0n) is 16.1. The first kappa shape index (κ1) is 18.1. The molecule has 0 radical (unpaired) electrons. The van der Waals surface area contributed by atoms with Crippen molar-refractivity contribution in [1.29, 1.82) is 0 Å². The highest BCUT2D eigenvalue weighted by atomic mass is 16.5. The van der Waals surface area contributed by atoms with Crippen molar-refractivity contribution in [2.45, 2.75) is 33.1 Å². The lowest BCUT2D eigenvalue weighted by Crippen LogP contribution is -2.09. The van der Waals surface area contributed by atoms with E-state index in [9.17, 15) is 0 Å². The standard InChI is InChI=1S/C22H23N5O/c1-3-6-20-26-22(27-28-20)18-14-16-9-8-15(2)13-19(16)25-21(18)24-12-10-17-7-4-5-11-23-17/h4-5,7-9,11,13-14H,3,6,10,12H2,1-2H3,(H,24,25). The quantitative estimate of drug-likeness (QED) is 0.510. The van der Waals surface area contributed by atoms with E-state index in [1.807, 2.05) is 24.4 Å². The summed E-state index contributed by atoms with van der Waals surface area (Å²) in [6, 6.07) is 14.3. The van der Waals surface area contributed by atoms with Gasteiger partial charge in [0, 0.05) is 36.7 Å². The lowest BCUT2D eigenvalue weighted by molar-refractivity contribution is 0.378. The Labute approximate surface area is 164 Å². The van der Waals surface area contributed by atoms with Crippen LogP contribution in [0.1, 0.15) is 30.5 Å². The molecule has 0 atom stereocenters. The molecule has 0 fully saturated rings. The van der Waals surface area contributed by atoms with Crippen molar-refractivity contribution in [3.05, 3.63) is 65.8 Å². The molecule has 4 aromatic rings. The average Bonchev–Trinajstić information content (AvgIpc) is 3.17. The summed E-state index contributed by atoms with van der Waals surface area (Å²) in [5.74, 6) is 1.98. The molecule has 0 bridgehead atoms. The minimum atomic E-state index is 0.568. The third-order valence-corrected chi connectivity index (χ3v) is 4.55. The molecule has 0 saturated heterocycles. The lowest BCUT2D eigenvalue weighted by atomic mass is 10.1. The summed E-state index contributed by atoms with van der Waals surface area (Å²) in [4.78, 5) is 13.8. The second-order valence-corrected chi connectivity index (χ2v) is 6.84. The van der Waals surface area contributed by atoms with Crippen molar-refractivity contribution in [3.8, 4) is 11.4 Å². The minimum Gasteiger partial charge on any atom is -0.369 e. The molecule has 0 amide bonds. The highest BCUT2D eigenvalue weighted by molar-refractivity contribution is 5.88. The molecule has 0 aliphatic rings. The number of hydrogen-bond donors (Lipinski definition) is 1. The first-order chi connectivity index (χ1) is 13.7. The Kier molecular flexibility index (Phi) is 5.28. The molecule has 0 aliphatic heterocycles. The van der Waals surface area contributed by atoms with Crippen LogP contribution in [0.25, 0.3) is 22.3 Å². The summed E-state index contributed by atoms with van der Waals surface area (Å²) in [6.07, 6.45) is 4.36. The number of aryl methyl sites for hydroxylation is 2. The van der Waals surface area contributed by atoms with Gasteiger partial charge in [-0.2, -0.15) is 4.98 Å². The molecule has 6 nitrogen and oxygen atoms in total. The minimum absolute atomic E-state index is 0.568.